The molecular formula is C34H38O8. The Morgan fingerprint density at radius 2 is 0.667 bits per heavy atom. The first kappa shape index (κ1) is 29.7. The molecule has 0 aromatic heterocycles. The normalized spacial score (nSPS) is 17.3. The lowest BCUT2D eigenvalue weighted by Crippen LogP contribution is -2.14. The first-order valence-corrected chi connectivity index (χ1v) is 14.3. The van der Waals surface area contributed by atoms with E-state index in [1.807, 2.05) is 72.8 Å². The van der Waals surface area contributed by atoms with Gasteiger partial charge in [0.1, 0.15) is 26.4 Å². The summed E-state index contributed by atoms with van der Waals surface area (Å²) in [6.07, 6.45) is 0. The zero-order valence-corrected chi connectivity index (χ0v) is 23.9. The summed E-state index contributed by atoms with van der Waals surface area (Å²) in [4.78, 5) is 0. The number of fused-ring (bicyclic) bond motifs is 4. The van der Waals surface area contributed by atoms with Gasteiger partial charge in [-0.1, -0.05) is 55.1 Å². The van der Waals surface area contributed by atoms with Gasteiger partial charge >= 0.3 is 0 Å². The van der Waals surface area contributed by atoms with E-state index >= 15 is 0 Å². The maximum Gasteiger partial charge on any atom is 0.162 e. The van der Waals surface area contributed by atoms with Crippen molar-refractivity contribution >= 4 is 21.5 Å². The van der Waals surface area contributed by atoms with E-state index in [4.69, 9.17) is 37.9 Å². The lowest BCUT2D eigenvalue weighted by atomic mass is 10.1. The molecule has 0 fully saturated rings. The summed E-state index contributed by atoms with van der Waals surface area (Å²) in [7, 11) is 0. The van der Waals surface area contributed by atoms with Gasteiger partial charge in [0, 0.05) is 0 Å². The van der Waals surface area contributed by atoms with Crippen LogP contribution in [0, 0.1) is 0 Å². The third-order valence-corrected chi connectivity index (χ3v) is 6.57. The van der Waals surface area contributed by atoms with Gasteiger partial charge < -0.3 is 37.9 Å². The van der Waals surface area contributed by atoms with Gasteiger partial charge in [-0.25, -0.2) is 0 Å². The third kappa shape index (κ3) is 8.84. The largest absolute Gasteiger partial charge is 0.487 e. The summed E-state index contributed by atoms with van der Waals surface area (Å²) in [6.45, 7) is 9.27. The van der Waals surface area contributed by atoms with Crippen LogP contribution in [-0.4, -0.2) is 79.3 Å². The van der Waals surface area contributed by atoms with Crippen molar-refractivity contribution in [2.45, 2.75) is 0 Å². The Kier molecular flexibility index (Phi) is 11.3. The highest BCUT2D eigenvalue weighted by Crippen LogP contribution is 2.34. The molecule has 8 heteroatoms. The minimum atomic E-state index is 0.266. The predicted molar refractivity (Wildman–Crippen MR) is 162 cm³/mol. The van der Waals surface area contributed by atoms with E-state index in [0.29, 0.717) is 89.1 Å². The molecule has 0 N–H and O–H groups in total. The van der Waals surface area contributed by atoms with Crippen molar-refractivity contribution in [1.82, 2.24) is 0 Å². The van der Waals surface area contributed by atoms with Gasteiger partial charge in [0.2, 0.25) is 0 Å². The molecule has 0 aliphatic carbocycles. The molecule has 222 valence electrons. The van der Waals surface area contributed by atoms with E-state index in [1.54, 1.807) is 0 Å². The van der Waals surface area contributed by atoms with Crippen LogP contribution in [0.1, 0.15) is 0 Å². The molecule has 0 spiro atoms. The number of benzene rings is 4. The van der Waals surface area contributed by atoms with Crippen molar-refractivity contribution in [3.8, 4) is 23.0 Å². The van der Waals surface area contributed by atoms with Crippen LogP contribution in [0.5, 0.6) is 23.0 Å². The van der Waals surface area contributed by atoms with Gasteiger partial charge in [0.15, 0.2) is 23.0 Å². The van der Waals surface area contributed by atoms with Crippen molar-refractivity contribution in [3.05, 3.63) is 84.9 Å². The van der Waals surface area contributed by atoms with Gasteiger partial charge in [-0.15, -0.1) is 0 Å². The highest BCUT2D eigenvalue weighted by Gasteiger charge is 2.12. The van der Waals surface area contributed by atoms with Gasteiger partial charge in [-0.05, 0) is 51.4 Å². The SMILES string of the molecule is C=C1COc2cc3ccccc3cc2OCCOCCOCCOCCOCCOc2cc3ccccc3cc2OC1. The van der Waals surface area contributed by atoms with Crippen LogP contribution in [0.3, 0.4) is 0 Å². The van der Waals surface area contributed by atoms with Crippen LogP contribution in [0.25, 0.3) is 21.5 Å². The summed E-state index contributed by atoms with van der Waals surface area (Å²) >= 11 is 0. The van der Waals surface area contributed by atoms with Crippen molar-refractivity contribution in [1.29, 1.82) is 0 Å². The molecule has 1 aliphatic rings. The molecule has 4 aromatic carbocycles. The first-order chi connectivity index (χ1) is 20.8. The van der Waals surface area contributed by atoms with E-state index < -0.39 is 0 Å². The topological polar surface area (TPSA) is 73.8 Å². The Labute approximate surface area is 246 Å². The summed E-state index contributed by atoms with van der Waals surface area (Å²) in [5.74, 6) is 2.58. The van der Waals surface area contributed by atoms with E-state index in [1.165, 1.54) is 0 Å². The van der Waals surface area contributed by atoms with E-state index in [0.717, 1.165) is 27.1 Å². The molecule has 1 aliphatic heterocycles. The Balaban J connectivity index is 1.28. The minimum Gasteiger partial charge on any atom is -0.487 e. The zero-order chi connectivity index (χ0) is 28.8. The fourth-order valence-corrected chi connectivity index (χ4v) is 4.43. The van der Waals surface area contributed by atoms with Crippen LogP contribution in [0.4, 0.5) is 0 Å². The van der Waals surface area contributed by atoms with E-state index in [9.17, 15) is 0 Å². The average Bonchev–Trinajstić information content (AvgIpc) is 3.01. The summed E-state index contributed by atoms with van der Waals surface area (Å²) in [6, 6.07) is 24.1. The fraction of sp³-hybridized carbons (Fsp3) is 0.353. The van der Waals surface area contributed by atoms with Crippen molar-refractivity contribution < 1.29 is 37.9 Å². The van der Waals surface area contributed by atoms with Crippen molar-refractivity contribution in [2.75, 3.05) is 79.3 Å². The van der Waals surface area contributed by atoms with Gasteiger partial charge in [-0.2, -0.15) is 0 Å². The van der Waals surface area contributed by atoms with Crippen LogP contribution < -0.4 is 18.9 Å². The van der Waals surface area contributed by atoms with Crippen molar-refractivity contribution in [2.24, 2.45) is 0 Å². The standard InChI is InChI=1S/C34H38O8/c1-26-24-41-33-22-29-8-4-2-6-27(29)20-31(33)39-18-16-37-14-12-35-10-11-36-13-15-38-17-19-40-32-21-28-7-3-5-9-30(28)23-34(32)42-25-26/h2-9,20-23H,1,10-19,24-25H2. The van der Waals surface area contributed by atoms with Gasteiger partial charge in [0.25, 0.3) is 0 Å². The maximum absolute atomic E-state index is 6.19. The van der Waals surface area contributed by atoms with Gasteiger partial charge in [-0.3, -0.25) is 0 Å². The molecule has 0 saturated heterocycles. The van der Waals surface area contributed by atoms with Crippen LogP contribution in [0.15, 0.2) is 84.9 Å². The fourth-order valence-electron chi connectivity index (χ4n) is 4.43. The molecule has 8 nitrogen and oxygen atoms in total. The highest BCUT2D eigenvalue weighted by molar-refractivity contribution is 5.86. The number of ether oxygens (including phenoxy) is 8. The Morgan fingerprint density at radius 3 is 1.00 bits per heavy atom. The molecule has 0 bridgehead atoms. The van der Waals surface area contributed by atoms with Crippen LogP contribution >= 0.6 is 0 Å². The quantitative estimate of drug-likeness (QED) is 0.243. The second-order valence-corrected chi connectivity index (χ2v) is 9.77. The highest BCUT2D eigenvalue weighted by atomic mass is 16.6. The molecule has 0 atom stereocenters. The smallest absolute Gasteiger partial charge is 0.162 e. The lowest BCUT2D eigenvalue weighted by molar-refractivity contribution is -0.00708. The minimum absolute atomic E-state index is 0.266. The second-order valence-electron chi connectivity index (χ2n) is 9.77. The van der Waals surface area contributed by atoms with E-state index in [-0.39, 0.29) is 13.2 Å². The first-order valence-electron chi connectivity index (χ1n) is 14.3. The molecule has 0 saturated carbocycles. The Morgan fingerprint density at radius 1 is 0.381 bits per heavy atom. The molecular weight excluding hydrogens is 536 g/mol. The molecule has 42 heavy (non-hydrogen) atoms. The number of hydrogen-bond acceptors (Lipinski definition) is 8. The third-order valence-electron chi connectivity index (χ3n) is 6.57. The second kappa shape index (κ2) is 16.0. The zero-order valence-electron chi connectivity index (χ0n) is 23.9. The average molecular weight is 575 g/mol. The number of hydrogen-bond donors (Lipinski definition) is 0. The molecule has 4 aromatic rings. The van der Waals surface area contributed by atoms with Gasteiger partial charge in [0.05, 0.1) is 52.9 Å². The maximum atomic E-state index is 6.19. The van der Waals surface area contributed by atoms with Crippen molar-refractivity contribution in [3.63, 3.8) is 0 Å². The Hall–Kier alpha value is -3.82. The summed E-state index contributed by atoms with van der Waals surface area (Å²) in [5, 5.41) is 4.25. The van der Waals surface area contributed by atoms with Crippen LogP contribution in [0.2, 0.25) is 0 Å². The molecule has 1 heterocycles. The summed E-state index contributed by atoms with van der Waals surface area (Å²) < 4.78 is 47.0. The molecule has 5 rings (SSSR count). The molecule has 0 amide bonds. The predicted octanol–water partition coefficient (Wildman–Crippen LogP) is 5.84. The lowest BCUT2D eigenvalue weighted by Gasteiger charge is -2.17. The Bertz CT molecular complexity index is 1330. The number of rotatable bonds is 0. The monoisotopic (exact) mass is 574 g/mol. The molecule has 0 unspecified atom stereocenters. The molecule has 0 radical (unpaired) electrons. The van der Waals surface area contributed by atoms with E-state index in [2.05, 4.69) is 6.58 Å². The van der Waals surface area contributed by atoms with Crippen LogP contribution in [-0.2, 0) is 18.9 Å². The summed E-state index contributed by atoms with van der Waals surface area (Å²) in [5.41, 5.74) is 0.769.